The lowest BCUT2D eigenvalue weighted by atomic mass is 10.1. The van der Waals surface area contributed by atoms with Crippen molar-refractivity contribution in [2.24, 2.45) is 4.99 Å². The zero-order chi connectivity index (χ0) is 12.5. The van der Waals surface area contributed by atoms with Gasteiger partial charge in [-0.25, -0.2) is 4.99 Å². The van der Waals surface area contributed by atoms with Crippen LogP contribution in [0.5, 0.6) is 5.75 Å². The highest BCUT2D eigenvalue weighted by Gasteiger charge is 2.29. The maximum Gasteiger partial charge on any atom is 0.246 e. The molecule has 2 N–H and O–H groups in total. The van der Waals surface area contributed by atoms with Crippen molar-refractivity contribution < 1.29 is 14.6 Å². The zero-order valence-corrected chi connectivity index (χ0v) is 9.72. The first-order valence-corrected chi connectivity index (χ1v) is 5.76. The van der Waals surface area contributed by atoms with E-state index in [0.717, 1.165) is 11.3 Å². The van der Waals surface area contributed by atoms with Crippen LogP contribution in [0, 0.1) is 0 Å². The molecule has 1 fully saturated rings. The molecule has 0 spiro atoms. The third-order valence-corrected chi connectivity index (χ3v) is 2.88. The summed E-state index contributed by atoms with van der Waals surface area (Å²) in [6, 6.07) is 5.57. The Morgan fingerprint density at radius 1 is 1.44 bits per heavy atom. The number of carbonyl (C=O) groups excluding carboxylic acids is 1. The monoisotopic (exact) mass is 247 g/mol. The zero-order valence-electron chi connectivity index (χ0n) is 9.72. The van der Waals surface area contributed by atoms with Gasteiger partial charge in [0.05, 0.1) is 12.3 Å². The number of nitrogens with zero attached hydrogens (tertiary/aromatic N) is 2. The number of amides is 1. The van der Waals surface area contributed by atoms with Crippen LogP contribution in [0.1, 0.15) is 5.56 Å². The molecule has 0 unspecified atom stereocenters. The Balaban J connectivity index is 1.86. The average molecular weight is 247 g/mol. The van der Waals surface area contributed by atoms with E-state index >= 15 is 0 Å². The van der Waals surface area contributed by atoms with Crippen molar-refractivity contribution >= 4 is 17.6 Å². The predicted molar refractivity (Wildman–Crippen MR) is 64.7 cm³/mol. The van der Waals surface area contributed by atoms with Crippen molar-refractivity contribution in [2.45, 2.75) is 6.54 Å². The summed E-state index contributed by atoms with van der Waals surface area (Å²) in [6.07, 6.45) is 0. The number of guanidine groups is 1. The number of hydrogen-bond donors (Lipinski definition) is 2. The predicted octanol–water partition coefficient (Wildman–Crippen LogP) is -0.00940. The van der Waals surface area contributed by atoms with Crippen LogP contribution >= 0.6 is 0 Å². The van der Waals surface area contributed by atoms with Gasteiger partial charge in [-0.15, -0.1) is 0 Å². The SMILES string of the molecule is O=C1CN2Cc3cc(OCCO)ccc3N=C2N1. The number of fused-ring (bicyclic) bond motifs is 2. The number of ether oxygens (including phenoxy) is 1. The van der Waals surface area contributed by atoms with Crippen molar-refractivity contribution in [2.75, 3.05) is 19.8 Å². The van der Waals surface area contributed by atoms with Crippen LogP contribution in [0.2, 0.25) is 0 Å². The number of aliphatic hydroxyl groups is 1. The third kappa shape index (κ3) is 1.91. The number of aliphatic hydroxyl groups excluding tert-OH is 1. The van der Waals surface area contributed by atoms with Crippen molar-refractivity contribution in [1.82, 2.24) is 10.2 Å². The molecule has 18 heavy (non-hydrogen) atoms. The van der Waals surface area contributed by atoms with E-state index in [1.807, 2.05) is 23.1 Å². The van der Waals surface area contributed by atoms with Gasteiger partial charge >= 0.3 is 0 Å². The smallest absolute Gasteiger partial charge is 0.246 e. The third-order valence-electron chi connectivity index (χ3n) is 2.88. The summed E-state index contributed by atoms with van der Waals surface area (Å²) >= 11 is 0. The van der Waals surface area contributed by atoms with Gasteiger partial charge in [0.15, 0.2) is 0 Å². The molecule has 3 rings (SSSR count). The molecule has 1 aromatic rings. The Hall–Kier alpha value is -2.08. The minimum atomic E-state index is -0.0293. The second-order valence-corrected chi connectivity index (χ2v) is 4.20. The van der Waals surface area contributed by atoms with E-state index in [4.69, 9.17) is 9.84 Å². The first-order valence-electron chi connectivity index (χ1n) is 5.76. The first kappa shape index (κ1) is 11.0. The van der Waals surface area contributed by atoms with Gasteiger partial charge in [0, 0.05) is 12.1 Å². The number of hydrogen-bond acceptors (Lipinski definition) is 5. The van der Waals surface area contributed by atoms with Gasteiger partial charge in [-0.2, -0.15) is 0 Å². The highest BCUT2D eigenvalue weighted by molar-refractivity contribution is 6.05. The molecule has 6 heteroatoms. The van der Waals surface area contributed by atoms with Gasteiger partial charge in [-0.1, -0.05) is 0 Å². The molecule has 94 valence electrons. The molecule has 1 aromatic carbocycles. The van der Waals surface area contributed by atoms with Crippen LogP contribution in [-0.2, 0) is 11.3 Å². The van der Waals surface area contributed by atoms with E-state index in [-0.39, 0.29) is 19.1 Å². The van der Waals surface area contributed by atoms with E-state index in [9.17, 15) is 4.79 Å². The summed E-state index contributed by atoms with van der Waals surface area (Å²) in [4.78, 5) is 17.6. The van der Waals surface area contributed by atoms with E-state index in [0.29, 0.717) is 24.8 Å². The van der Waals surface area contributed by atoms with Crippen molar-refractivity contribution in [3.63, 3.8) is 0 Å². The molecule has 0 saturated carbocycles. The fourth-order valence-corrected chi connectivity index (χ4v) is 2.09. The fraction of sp³-hybridized carbons (Fsp3) is 0.333. The van der Waals surface area contributed by atoms with E-state index in [2.05, 4.69) is 10.3 Å². The van der Waals surface area contributed by atoms with Crippen LogP contribution in [0.15, 0.2) is 23.2 Å². The average Bonchev–Trinajstić information content (AvgIpc) is 2.72. The van der Waals surface area contributed by atoms with Crippen LogP contribution in [0.3, 0.4) is 0 Å². The molecule has 0 aliphatic carbocycles. The van der Waals surface area contributed by atoms with Gasteiger partial charge in [0.2, 0.25) is 11.9 Å². The van der Waals surface area contributed by atoms with Gasteiger partial charge in [0.1, 0.15) is 18.9 Å². The number of aliphatic imine (C=N–C) groups is 1. The Bertz CT molecular complexity index is 527. The minimum absolute atomic E-state index is 0.00999. The number of nitrogens with one attached hydrogen (secondary N) is 1. The second kappa shape index (κ2) is 4.30. The summed E-state index contributed by atoms with van der Waals surface area (Å²) in [5, 5.41) is 11.4. The Labute approximate surface area is 104 Å². The molecule has 6 nitrogen and oxygen atoms in total. The molecule has 2 aliphatic rings. The summed E-state index contributed by atoms with van der Waals surface area (Å²) in [6.45, 7) is 1.25. The van der Waals surface area contributed by atoms with E-state index in [1.54, 1.807) is 0 Å². The van der Waals surface area contributed by atoms with Crippen LogP contribution < -0.4 is 10.1 Å². The molecule has 0 aromatic heterocycles. The summed E-state index contributed by atoms with van der Waals surface area (Å²) in [5.74, 6) is 1.30. The molecule has 1 saturated heterocycles. The molecule has 0 bridgehead atoms. The minimum Gasteiger partial charge on any atom is -0.491 e. The topological polar surface area (TPSA) is 74.2 Å². The lowest BCUT2D eigenvalue weighted by Gasteiger charge is -2.23. The van der Waals surface area contributed by atoms with Crippen molar-refractivity contribution in [3.05, 3.63) is 23.8 Å². The lowest BCUT2D eigenvalue weighted by molar-refractivity contribution is -0.118. The number of carbonyl (C=O) groups is 1. The van der Waals surface area contributed by atoms with Crippen molar-refractivity contribution in [3.8, 4) is 5.75 Å². The van der Waals surface area contributed by atoms with Crippen molar-refractivity contribution in [1.29, 1.82) is 0 Å². The Morgan fingerprint density at radius 3 is 3.17 bits per heavy atom. The maximum atomic E-state index is 11.3. The van der Waals surface area contributed by atoms with Crippen LogP contribution in [-0.4, -0.2) is 41.6 Å². The van der Waals surface area contributed by atoms with Gasteiger partial charge < -0.3 is 14.7 Å². The van der Waals surface area contributed by atoms with E-state index in [1.165, 1.54) is 0 Å². The molecule has 2 aliphatic heterocycles. The molecular weight excluding hydrogens is 234 g/mol. The van der Waals surface area contributed by atoms with Gasteiger partial charge in [-0.3, -0.25) is 10.1 Å². The molecular formula is C12H13N3O3. The maximum absolute atomic E-state index is 11.3. The highest BCUT2D eigenvalue weighted by atomic mass is 16.5. The molecule has 0 radical (unpaired) electrons. The summed E-state index contributed by atoms with van der Waals surface area (Å²) in [7, 11) is 0. The number of rotatable bonds is 3. The standard InChI is InChI=1S/C12H13N3O3/c16-3-4-18-9-1-2-10-8(5-9)6-15-7-11(17)14-12(15)13-10/h1-2,5,16H,3-4,6-7H2,(H,13,14,17). The molecule has 2 heterocycles. The Morgan fingerprint density at radius 2 is 2.33 bits per heavy atom. The van der Waals surface area contributed by atoms with E-state index < -0.39 is 0 Å². The van der Waals surface area contributed by atoms with Gasteiger partial charge in [-0.05, 0) is 18.2 Å². The van der Waals surface area contributed by atoms with Gasteiger partial charge in [0.25, 0.3) is 0 Å². The van der Waals surface area contributed by atoms with Crippen LogP contribution in [0.4, 0.5) is 5.69 Å². The summed E-state index contributed by atoms with van der Waals surface area (Å²) < 4.78 is 5.35. The van der Waals surface area contributed by atoms with Crippen LogP contribution in [0.25, 0.3) is 0 Å². The fourth-order valence-electron chi connectivity index (χ4n) is 2.09. The normalized spacial score (nSPS) is 16.8. The lowest BCUT2D eigenvalue weighted by Crippen LogP contribution is -2.31. The Kier molecular flexibility index (Phi) is 2.64. The molecule has 1 amide bonds. The first-order chi connectivity index (χ1) is 8.76. The summed E-state index contributed by atoms with van der Waals surface area (Å²) in [5.41, 5.74) is 1.87. The quantitative estimate of drug-likeness (QED) is 0.788. The largest absolute Gasteiger partial charge is 0.491 e. The highest BCUT2D eigenvalue weighted by Crippen LogP contribution is 2.30. The second-order valence-electron chi connectivity index (χ2n) is 4.20. The molecule has 0 atom stereocenters. The number of benzene rings is 1.